The predicted molar refractivity (Wildman–Crippen MR) is 84.2 cm³/mol. The predicted octanol–water partition coefficient (Wildman–Crippen LogP) is 3.26. The maximum atomic E-state index is 5.95. The smallest absolute Gasteiger partial charge is 0.283 e. The number of methoxy groups -OCH3 is 1. The van der Waals surface area contributed by atoms with Crippen molar-refractivity contribution in [1.82, 2.24) is 14.9 Å². The van der Waals surface area contributed by atoms with Crippen molar-refractivity contribution in [2.45, 2.75) is 25.8 Å². The lowest BCUT2D eigenvalue weighted by Gasteiger charge is -2.27. The molecule has 0 amide bonds. The Morgan fingerprint density at radius 2 is 1.73 bits per heavy atom. The first-order valence-electron chi connectivity index (χ1n) is 7.70. The minimum absolute atomic E-state index is 0.398. The molecule has 0 N–H and O–H groups in total. The van der Waals surface area contributed by atoms with Gasteiger partial charge in [0.05, 0.1) is 7.11 Å². The summed E-state index contributed by atoms with van der Waals surface area (Å²) < 4.78 is 11.1. The molecule has 116 valence electrons. The zero-order chi connectivity index (χ0) is 15.2. The van der Waals surface area contributed by atoms with E-state index in [9.17, 15) is 0 Å². The molecule has 0 radical (unpaired) electrons. The Morgan fingerprint density at radius 3 is 2.50 bits per heavy atom. The van der Waals surface area contributed by atoms with E-state index in [2.05, 4.69) is 20.9 Å². The normalized spacial score (nSPS) is 15.5. The van der Waals surface area contributed by atoms with Gasteiger partial charge in [-0.25, -0.2) is 9.97 Å². The van der Waals surface area contributed by atoms with Gasteiger partial charge in [-0.2, -0.15) is 0 Å². The Labute approximate surface area is 130 Å². The van der Waals surface area contributed by atoms with Crippen molar-refractivity contribution < 1.29 is 9.47 Å². The van der Waals surface area contributed by atoms with Gasteiger partial charge in [0.15, 0.2) is 0 Å². The van der Waals surface area contributed by atoms with E-state index in [-0.39, 0.29) is 0 Å². The molecule has 5 heteroatoms. The number of rotatable bonds is 5. The molecule has 22 heavy (non-hydrogen) atoms. The number of likely N-dealkylation sites (tertiary alicyclic amines) is 1. The van der Waals surface area contributed by atoms with Crippen LogP contribution in [0.4, 0.5) is 0 Å². The van der Waals surface area contributed by atoms with Crippen molar-refractivity contribution in [3.63, 3.8) is 0 Å². The fraction of sp³-hybridized carbons (Fsp3) is 0.412. The Kier molecular flexibility index (Phi) is 4.85. The summed E-state index contributed by atoms with van der Waals surface area (Å²) in [4.78, 5) is 10.8. The highest BCUT2D eigenvalue weighted by molar-refractivity contribution is 5.38. The average molecular weight is 299 g/mol. The standard InChI is InChI=1S/C17H21N3O2/c1-21-16-17(19-10-9-18-16)22-15-8-4-3-7-14(15)13-20-11-5-2-6-12-20/h3-4,7-10H,2,5-6,11-13H2,1H3. The van der Waals surface area contributed by atoms with E-state index in [1.165, 1.54) is 19.3 Å². The summed E-state index contributed by atoms with van der Waals surface area (Å²) in [6.45, 7) is 3.21. The minimum atomic E-state index is 0.398. The van der Waals surface area contributed by atoms with Crippen LogP contribution >= 0.6 is 0 Å². The number of hydrogen-bond donors (Lipinski definition) is 0. The van der Waals surface area contributed by atoms with E-state index in [0.717, 1.165) is 30.9 Å². The third-order valence-corrected chi connectivity index (χ3v) is 3.85. The molecule has 0 bridgehead atoms. The third kappa shape index (κ3) is 3.54. The highest BCUT2D eigenvalue weighted by Gasteiger charge is 2.15. The Bertz CT molecular complexity index is 612. The molecule has 0 saturated carbocycles. The van der Waals surface area contributed by atoms with Crippen LogP contribution in [0, 0.1) is 0 Å². The van der Waals surface area contributed by atoms with Crippen molar-refractivity contribution in [3.05, 3.63) is 42.2 Å². The lowest BCUT2D eigenvalue weighted by molar-refractivity contribution is 0.218. The molecular weight excluding hydrogens is 278 g/mol. The van der Waals surface area contributed by atoms with Gasteiger partial charge >= 0.3 is 0 Å². The second kappa shape index (κ2) is 7.22. The average Bonchev–Trinajstić information content (AvgIpc) is 2.58. The SMILES string of the molecule is COc1nccnc1Oc1ccccc1CN1CCCCC1. The van der Waals surface area contributed by atoms with Gasteiger partial charge in [-0.05, 0) is 32.0 Å². The summed E-state index contributed by atoms with van der Waals surface area (Å²) in [6, 6.07) is 8.08. The molecule has 2 heterocycles. The fourth-order valence-corrected chi connectivity index (χ4v) is 2.72. The van der Waals surface area contributed by atoms with E-state index in [1.807, 2.05) is 18.2 Å². The van der Waals surface area contributed by atoms with Crippen LogP contribution in [0.5, 0.6) is 17.5 Å². The molecule has 1 aliphatic heterocycles. The monoisotopic (exact) mass is 299 g/mol. The lowest BCUT2D eigenvalue weighted by atomic mass is 10.1. The Balaban J connectivity index is 1.78. The van der Waals surface area contributed by atoms with E-state index in [4.69, 9.17) is 9.47 Å². The van der Waals surface area contributed by atoms with Gasteiger partial charge in [-0.15, -0.1) is 0 Å². The second-order valence-corrected chi connectivity index (χ2v) is 5.42. The van der Waals surface area contributed by atoms with Gasteiger partial charge < -0.3 is 9.47 Å². The van der Waals surface area contributed by atoms with Crippen LogP contribution in [0.1, 0.15) is 24.8 Å². The highest BCUT2D eigenvalue weighted by Crippen LogP contribution is 2.30. The quantitative estimate of drug-likeness (QED) is 0.848. The highest BCUT2D eigenvalue weighted by atomic mass is 16.5. The van der Waals surface area contributed by atoms with E-state index in [0.29, 0.717) is 11.8 Å². The topological polar surface area (TPSA) is 47.5 Å². The number of nitrogens with zero attached hydrogens (tertiary/aromatic N) is 3. The van der Waals surface area contributed by atoms with Crippen molar-refractivity contribution >= 4 is 0 Å². The molecule has 0 unspecified atom stereocenters. The van der Waals surface area contributed by atoms with Crippen LogP contribution in [0.25, 0.3) is 0 Å². The number of piperidine rings is 1. The van der Waals surface area contributed by atoms with Crippen LogP contribution < -0.4 is 9.47 Å². The van der Waals surface area contributed by atoms with Crippen LogP contribution in [0.3, 0.4) is 0 Å². The zero-order valence-electron chi connectivity index (χ0n) is 12.9. The molecule has 0 atom stereocenters. The molecular formula is C17H21N3O2. The summed E-state index contributed by atoms with van der Waals surface area (Å²) in [7, 11) is 1.57. The number of para-hydroxylation sites is 1. The van der Waals surface area contributed by atoms with Crippen molar-refractivity contribution in [3.8, 4) is 17.5 Å². The molecule has 0 spiro atoms. The van der Waals surface area contributed by atoms with E-state index in [1.54, 1.807) is 19.5 Å². The van der Waals surface area contributed by atoms with Crippen molar-refractivity contribution in [1.29, 1.82) is 0 Å². The van der Waals surface area contributed by atoms with Gasteiger partial charge in [-0.3, -0.25) is 4.90 Å². The van der Waals surface area contributed by atoms with Gasteiger partial charge in [0.25, 0.3) is 11.8 Å². The first kappa shape index (κ1) is 14.8. The largest absolute Gasteiger partial charge is 0.477 e. The van der Waals surface area contributed by atoms with Crippen molar-refractivity contribution in [2.24, 2.45) is 0 Å². The van der Waals surface area contributed by atoms with Crippen LogP contribution in [-0.4, -0.2) is 35.1 Å². The first-order chi connectivity index (χ1) is 10.9. The summed E-state index contributed by atoms with van der Waals surface area (Å²) >= 11 is 0. The minimum Gasteiger partial charge on any atom is -0.477 e. The third-order valence-electron chi connectivity index (χ3n) is 3.85. The first-order valence-corrected chi connectivity index (χ1v) is 7.70. The second-order valence-electron chi connectivity index (χ2n) is 5.42. The maximum absolute atomic E-state index is 5.95. The molecule has 3 rings (SSSR count). The molecule has 0 aliphatic carbocycles. The van der Waals surface area contributed by atoms with Gasteiger partial charge in [-0.1, -0.05) is 24.6 Å². The number of benzene rings is 1. The summed E-state index contributed by atoms with van der Waals surface area (Å²) in [5.41, 5.74) is 1.16. The van der Waals surface area contributed by atoms with E-state index >= 15 is 0 Å². The van der Waals surface area contributed by atoms with Gasteiger partial charge in [0.1, 0.15) is 5.75 Å². The number of aromatic nitrogens is 2. The molecule has 1 aromatic carbocycles. The summed E-state index contributed by atoms with van der Waals surface area (Å²) in [5.74, 6) is 1.61. The Hall–Kier alpha value is -2.14. The molecule has 1 aliphatic rings. The molecule has 1 aromatic heterocycles. The van der Waals surface area contributed by atoms with Gasteiger partial charge in [0, 0.05) is 24.5 Å². The lowest BCUT2D eigenvalue weighted by Crippen LogP contribution is -2.29. The molecule has 2 aromatic rings. The van der Waals surface area contributed by atoms with Crippen LogP contribution in [-0.2, 0) is 6.54 Å². The molecule has 5 nitrogen and oxygen atoms in total. The van der Waals surface area contributed by atoms with E-state index < -0.39 is 0 Å². The number of ether oxygens (including phenoxy) is 2. The Morgan fingerprint density at radius 1 is 1.00 bits per heavy atom. The fourth-order valence-electron chi connectivity index (χ4n) is 2.72. The van der Waals surface area contributed by atoms with Crippen molar-refractivity contribution in [2.75, 3.05) is 20.2 Å². The zero-order valence-corrected chi connectivity index (χ0v) is 12.9. The van der Waals surface area contributed by atoms with Crippen LogP contribution in [0.15, 0.2) is 36.7 Å². The maximum Gasteiger partial charge on any atom is 0.283 e. The summed E-state index contributed by atoms with van der Waals surface area (Å²) in [5, 5.41) is 0. The number of hydrogen-bond acceptors (Lipinski definition) is 5. The van der Waals surface area contributed by atoms with Gasteiger partial charge in [0.2, 0.25) is 0 Å². The summed E-state index contributed by atoms with van der Waals surface area (Å²) in [6.07, 6.45) is 7.09. The van der Waals surface area contributed by atoms with Crippen LogP contribution in [0.2, 0.25) is 0 Å². The molecule has 1 saturated heterocycles. The molecule has 1 fully saturated rings.